The summed E-state index contributed by atoms with van der Waals surface area (Å²) in [4.78, 5) is 17.7. The zero-order valence-electron chi connectivity index (χ0n) is 13.9. The lowest BCUT2D eigenvalue weighted by Crippen LogP contribution is -2.39. The van der Waals surface area contributed by atoms with Crippen LogP contribution in [0.25, 0.3) is 0 Å². The Bertz CT molecular complexity index is 576. The van der Waals surface area contributed by atoms with Gasteiger partial charge in [0.05, 0.1) is 12.2 Å². The van der Waals surface area contributed by atoms with E-state index in [1.54, 1.807) is 6.08 Å². The number of carbonyl (C=O) groups excluding carboxylic acids is 1. The third-order valence-electron chi connectivity index (χ3n) is 4.10. The Morgan fingerprint density at radius 1 is 1.33 bits per heavy atom. The molecule has 24 heavy (non-hydrogen) atoms. The molecule has 1 fully saturated rings. The minimum absolute atomic E-state index is 0.215. The molecule has 0 bridgehead atoms. The molecule has 1 aromatic rings. The lowest BCUT2D eigenvalue weighted by atomic mass is 9.98. The average molecular weight is 327 g/mol. The summed E-state index contributed by atoms with van der Waals surface area (Å²) >= 11 is 0. The highest BCUT2D eigenvalue weighted by atomic mass is 16.7. The van der Waals surface area contributed by atoms with Gasteiger partial charge < -0.3 is 10.7 Å². The highest BCUT2D eigenvalue weighted by molar-refractivity contribution is 6.11. The van der Waals surface area contributed by atoms with E-state index >= 15 is 0 Å². The van der Waals surface area contributed by atoms with E-state index in [0.29, 0.717) is 24.6 Å². The van der Waals surface area contributed by atoms with E-state index in [4.69, 9.17) is 10.2 Å². The summed E-state index contributed by atoms with van der Waals surface area (Å²) in [5.74, 6) is 0.230. The molecule has 1 aliphatic heterocycles. The maximum atomic E-state index is 11.9. The SMILES string of the molecule is C=C/C=C(\C=N)C(=O)NCC1CCN(OCc2ccccc2)CC1. The molecule has 1 aromatic carbocycles. The normalized spacial score (nSPS) is 16.6. The van der Waals surface area contributed by atoms with Gasteiger partial charge >= 0.3 is 0 Å². The Morgan fingerprint density at radius 3 is 2.67 bits per heavy atom. The van der Waals surface area contributed by atoms with Crippen molar-refractivity contribution in [3.8, 4) is 0 Å². The highest BCUT2D eigenvalue weighted by Crippen LogP contribution is 2.17. The molecule has 128 valence electrons. The zero-order valence-corrected chi connectivity index (χ0v) is 13.9. The Labute approximate surface area is 143 Å². The summed E-state index contributed by atoms with van der Waals surface area (Å²) in [5, 5.41) is 12.1. The predicted molar refractivity (Wildman–Crippen MR) is 95.6 cm³/mol. The van der Waals surface area contributed by atoms with Crippen molar-refractivity contribution in [1.29, 1.82) is 5.41 Å². The van der Waals surface area contributed by atoms with Crippen LogP contribution in [0.4, 0.5) is 0 Å². The number of hydroxylamine groups is 2. The predicted octanol–water partition coefficient (Wildman–Crippen LogP) is 2.71. The number of hydrogen-bond donors (Lipinski definition) is 2. The van der Waals surface area contributed by atoms with Gasteiger partial charge in [0.1, 0.15) is 0 Å². The number of amides is 1. The number of nitrogens with one attached hydrogen (secondary N) is 2. The number of benzene rings is 1. The molecule has 0 spiro atoms. The van der Waals surface area contributed by atoms with Gasteiger partial charge in [-0.05, 0) is 30.4 Å². The smallest absolute Gasteiger partial charge is 0.252 e. The van der Waals surface area contributed by atoms with Crippen molar-refractivity contribution in [2.24, 2.45) is 5.92 Å². The van der Waals surface area contributed by atoms with Gasteiger partial charge in [-0.3, -0.25) is 9.63 Å². The molecule has 1 heterocycles. The average Bonchev–Trinajstić information content (AvgIpc) is 2.64. The van der Waals surface area contributed by atoms with Crippen molar-refractivity contribution in [2.75, 3.05) is 19.6 Å². The largest absolute Gasteiger partial charge is 0.352 e. The van der Waals surface area contributed by atoms with Crippen molar-refractivity contribution in [1.82, 2.24) is 10.4 Å². The Kier molecular flexibility index (Phi) is 7.39. The van der Waals surface area contributed by atoms with Crippen LogP contribution in [0.3, 0.4) is 0 Å². The summed E-state index contributed by atoms with van der Waals surface area (Å²) in [6, 6.07) is 10.1. The molecule has 0 aliphatic carbocycles. The monoisotopic (exact) mass is 327 g/mol. The van der Waals surface area contributed by atoms with Crippen molar-refractivity contribution in [3.05, 3.63) is 60.2 Å². The van der Waals surface area contributed by atoms with Gasteiger partial charge in [0.15, 0.2) is 0 Å². The van der Waals surface area contributed by atoms with E-state index in [1.165, 1.54) is 11.6 Å². The molecule has 2 N–H and O–H groups in total. The van der Waals surface area contributed by atoms with Gasteiger partial charge in [0, 0.05) is 25.8 Å². The molecule has 5 nitrogen and oxygen atoms in total. The number of nitrogens with zero attached hydrogens (tertiary/aromatic N) is 1. The summed E-state index contributed by atoms with van der Waals surface area (Å²) in [6.45, 7) is 6.51. The first-order valence-electron chi connectivity index (χ1n) is 8.26. The molecule has 0 aromatic heterocycles. The van der Waals surface area contributed by atoms with E-state index in [0.717, 1.165) is 32.1 Å². The van der Waals surface area contributed by atoms with Crippen LogP contribution in [-0.2, 0) is 16.2 Å². The Morgan fingerprint density at radius 2 is 2.04 bits per heavy atom. The van der Waals surface area contributed by atoms with Crippen molar-refractivity contribution in [3.63, 3.8) is 0 Å². The molecule has 1 saturated heterocycles. The second kappa shape index (κ2) is 9.80. The maximum absolute atomic E-state index is 11.9. The van der Waals surface area contributed by atoms with E-state index in [2.05, 4.69) is 24.0 Å². The second-order valence-electron chi connectivity index (χ2n) is 5.84. The van der Waals surface area contributed by atoms with Crippen molar-refractivity contribution in [2.45, 2.75) is 19.4 Å². The molecular formula is C19H25N3O2. The lowest BCUT2D eigenvalue weighted by Gasteiger charge is -2.31. The molecule has 0 unspecified atom stereocenters. The lowest BCUT2D eigenvalue weighted by molar-refractivity contribution is -0.183. The first-order chi connectivity index (χ1) is 11.7. The van der Waals surface area contributed by atoms with Gasteiger partial charge in [-0.2, -0.15) is 5.06 Å². The van der Waals surface area contributed by atoms with Crippen molar-refractivity contribution < 1.29 is 9.63 Å². The van der Waals surface area contributed by atoms with E-state index in [1.807, 2.05) is 23.3 Å². The van der Waals surface area contributed by atoms with E-state index < -0.39 is 0 Å². The topological polar surface area (TPSA) is 65.4 Å². The number of rotatable bonds is 8. The number of allylic oxidation sites excluding steroid dienone is 2. The molecule has 0 atom stereocenters. The molecule has 0 saturated carbocycles. The van der Waals surface area contributed by atoms with Gasteiger partial charge in [0.25, 0.3) is 5.91 Å². The van der Waals surface area contributed by atoms with Gasteiger partial charge in [-0.1, -0.05) is 43.0 Å². The van der Waals surface area contributed by atoms with Gasteiger partial charge in [-0.25, -0.2) is 0 Å². The fourth-order valence-corrected chi connectivity index (χ4v) is 2.64. The first kappa shape index (κ1) is 18.1. The third kappa shape index (κ3) is 5.76. The van der Waals surface area contributed by atoms with Crippen LogP contribution in [0, 0.1) is 11.3 Å². The first-order valence-corrected chi connectivity index (χ1v) is 8.26. The summed E-state index contributed by atoms with van der Waals surface area (Å²) in [7, 11) is 0. The van der Waals surface area contributed by atoms with Crippen LogP contribution in [-0.4, -0.2) is 36.8 Å². The third-order valence-corrected chi connectivity index (χ3v) is 4.10. The maximum Gasteiger partial charge on any atom is 0.252 e. The van der Waals surface area contributed by atoms with E-state index in [9.17, 15) is 4.79 Å². The van der Waals surface area contributed by atoms with Crippen LogP contribution in [0.2, 0.25) is 0 Å². The van der Waals surface area contributed by atoms with Gasteiger partial charge in [0.2, 0.25) is 0 Å². The van der Waals surface area contributed by atoms with Gasteiger partial charge in [-0.15, -0.1) is 0 Å². The Hall–Kier alpha value is -2.24. The fraction of sp³-hybridized carbons (Fsp3) is 0.368. The summed E-state index contributed by atoms with van der Waals surface area (Å²) in [5.41, 5.74) is 1.49. The number of piperidine rings is 1. The van der Waals surface area contributed by atoms with Crippen LogP contribution >= 0.6 is 0 Å². The molecular weight excluding hydrogens is 302 g/mol. The molecule has 0 radical (unpaired) electrons. The Balaban J connectivity index is 1.67. The molecule has 5 heteroatoms. The standard InChI is InChI=1S/C19H25N3O2/c1-2-6-18(13-20)19(23)21-14-16-9-11-22(12-10-16)24-15-17-7-4-3-5-8-17/h2-8,13,16,20H,1,9-12,14-15H2,(H,21,23)/b18-6+,20-13?. The molecule has 1 amide bonds. The molecule has 1 aliphatic rings. The minimum atomic E-state index is -0.215. The van der Waals surface area contributed by atoms with Crippen LogP contribution in [0.15, 0.2) is 54.6 Å². The zero-order chi connectivity index (χ0) is 17.2. The highest BCUT2D eigenvalue weighted by Gasteiger charge is 2.20. The van der Waals surface area contributed by atoms with E-state index in [-0.39, 0.29) is 5.91 Å². The minimum Gasteiger partial charge on any atom is -0.352 e. The fourth-order valence-electron chi connectivity index (χ4n) is 2.64. The second-order valence-corrected chi connectivity index (χ2v) is 5.84. The molecule has 2 rings (SSSR count). The summed E-state index contributed by atoms with van der Waals surface area (Å²) in [6.07, 6.45) is 6.09. The van der Waals surface area contributed by atoms with Crippen LogP contribution in [0.5, 0.6) is 0 Å². The summed E-state index contributed by atoms with van der Waals surface area (Å²) < 4.78 is 0. The van der Waals surface area contributed by atoms with Crippen LogP contribution < -0.4 is 5.32 Å². The van der Waals surface area contributed by atoms with Crippen molar-refractivity contribution >= 4 is 12.1 Å². The number of carbonyl (C=O) groups is 1. The number of hydrogen-bond acceptors (Lipinski definition) is 4. The quantitative estimate of drug-likeness (QED) is 0.438. The van der Waals surface area contributed by atoms with Crippen LogP contribution in [0.1, 0.15) is 18.4 Å².